The molecule has 3 unspecified atom stereocenters. The maximum Gasteiger partial charge on any atom is 0.529 e. The molecule has 3 N–H and O–H groups in total. The van der Waals surface area contributed by atoms with Gasteiger partial charge in [0.15, 0.2) is 0 Å². The van der Waals surface area contributed by atoms with Crippen molar-refractivity contribution in [2.45, 2.75) is 18.0 Å². The Labute approximate surface area is 139 Å². The van der Waals surface area contributed by atoms with Gasteiger partial charge in [-0.3, -0.25) is 0 Å². The Morgan fingerprint density at radius 3 is 2.33 bits per heavy atom. The maximum absolute atomic E-state index is 12.2. The zero-order chi connectivity index (χ0) is 17.3. The highest BCUT2D eigenvalue weighted by atomic mass is 31.1. The largest absolute Gasteiger partial charge is 0.529 e. The number of carboxylic acids is 1. The van der Waals surface area contributed by atoms with Gasteiger partial charge in [0.2, 0.25) is 0 Å². The Hall–Kier alpha value is -2.49. The van der Waals surface area contributed by atoms with E-state index in [1.54, 1.807) is 37.3 Å². The van der Waals surface area contributed by atoms with Crippen LogP contribution in [0.3, 0.4) is 0 Å². The Morgan fingerprint density at radius 1 is 1.12 bits per heavy atom. The van der Waals surface area contributed by atoms with Gasteiger partial charge in [0.05, 0.1) is 5.92 Å². The number of fused-ring (bicyclic) bond motifs is 1. The van der Waals surface area contributed by atoms with E-state index in [0.717, 1.165) is 10.9 Å². The molecule has 0 aliphatic rings. The normalized spacial score (nSPS) is 15.7. The van der Waals surface area contributed by atoms with Gasteiger partial charge in [0, 0.05) is 16.8 Å². The van der Waals surface area contributed by atoms with Crippen molar-refractivity contribution in [3.05, 3.63) is 71.9 Å². The molecule has 0 fully saturated rings. The fraction of sp³-hybridized carbons (Fsp3) is 0.167. The van der Waals surface area contributed by atoms with E-state index in [4.69, 9.17) is 0 Å². The quantitative estimate of drug-likeness (QED) is 0.612. The molecule has 3 atom stereocenters. The predicted octanol–water partition coefficient (Wildman–Crippen LogP) is 3.99. The minimum Gasteiger partial charge on any atom is -0.477 e. The van der Waals surface area contributed by atoms with Crippen LogP contribution in [-0.4, -0.2) is 21.0 Å². The summed E-state index contributed by atoms with van der Waals surface area (Å²) in [7, 11) is -3.03. The first-order chi connectivity index (χ1) is 11.5. The van der Waals surface area contributed by atoms with Crippen LogP contribution in [0, 0.1) is 0 Å². The van der Waals surface area contributed by atoms with E-state index in [9.17, 15) is 19.4 Å². The van der Waals surface area contributed by atoms with Crippen LogP contribution in [0.1, 0.15) is 24.1 Å². The topological polar surface area (TPSA) is 90.4 Å². The highest BCUT2D eigenvalue weighted by Gasteiger charge is 2.63. The van der Waals surface area contributed by atoms with Gasteiger partial charge >= 0.3 is 19.2 Å². The summed E-state index contributed by atoms with van der Waals surface area (Å²) in [4.78, 5) is 25.3. The number of H-pyrrole nitrogens is 1. The molecular weight excluding hydrogens is 325 g/mol. The van der Waals surface area contributed by atoms with Crippen molar-refractivity contribution >= 4 is 24.9 Å². The van der Waals surface area contributed by atoms with Crippen LogP contribution in [-0.2, 0) is 14.5 Å². The fourth-order valence-corrected chi connectivity index (χ4v) is 4.17. The van der Waals surface area contributed by atoms with Gasteiger partial charge in [0.25, 0.3) is 0 Å². The highest BCUT2D eigenvalue weighted by Crippen LogP contribution is 2.54. The van der Waals surface area contributed by atoms with Crippen LogP contribution in [0.4, 0.5) is 0 Å². The first-order valence-corrected chi connectivity index (χ1v) is 8.72. The van der Waals surface area contributed by atoms with Crippen molar-refractivity contribution in [2.24, 2.45) is 0 Å². The number of hydrogen-bond donors (Lipinski definition) is 3. The van der Waals surface area contributed by atoms with Gasteiger partial charge < -0.3 is 10.1 Å². The third-order valence-corrected chi connectivity index (χ3v) is 5.93. The number of carbonyl (C=O) groups is 1. The van der Waals surface area contributed by atoms with E-state index in [1.807, 2.05) is 30.3 Å². The number of aromatic nitrogens is 1. The molecule has 24 heavy (non-hydrogen) atoms. The summed E-state index contributed by atoms with van der Waals surface area (Å²) < 4.78 is 12.2. The molecule has 0 saturated carbocycles. The maximum atomic E-state index is 12.2. The van der Waals surface area contributed by atoms with E-state index < -0.39 is 25.1 Å². The number of aromatic amines is 1. The molecule has 0 aliphatic heterocycles. The first-order valence-electron chi connectivity index (χ1n) is 7.50. The first kappa shape index (κ1) is 16.4. The van der Waals surface area contributed by atoms with Crippen LogP contribution in [0.15, 0.2) is 60.7 Å². The molecule has 1 aromatic heterocycles. The van der Waals surface area contributed by atoms with E-state index >= 15 is 0 Å². The molecule has 1 heterocycles. The van der Waals surface area contributed by atoms with Gasteiger partial charge in [-0.15, -0.1) is 0 Å². The second-order valence-corrected chi connectivity index (χ2v) is 7.00. The van der Waals surface area contributed by atoms with Crippen LogP contribution in [0.5, 0.6) is 0 Å². The minimum absolute atomic E-state index is 0.312. The van der Waals surface area contributed by atoms with Crippen molar-refractivity contribution in [1.82, 2.24) is 4.98 Å². The zero-order valence-electron chi connectivity index (χ0n) is 13.0. The summed E-state index contributed by atoms with van der Waals surface area (Å²) in [6.07, 6.45) is 0. The molecule has 5 nitrogen and oxygen atoms in total. The van der Waals surface area contributed by atoms with E-state index in [2.05, 4.69) is 4.98 Å². The van der Waals surface area contributed by atoms with Crippen molar-refractivity contribution in [3.8, 4) is 0 Å². The SMILES string of the molecule is CC(c1cc2ccccc2[nH]1)C(C(=O)O)(c1ccccc1)[P+](=O)O. The van der Waals surface area contributed by atoms with Crippen molar-refractivity contribution in [1.29, 1.82) is 0 Å². The molecule has 0 saturated heterocycles. The van der Waals surface area contributed by atoms with Gasteiger partial charge in [-0.1, -0.05) is 55.5 Å². The van der Waals surface area contributed by atoms with Crippen molar-refractivity contribution in [2.75, 3.05) is 0 Å². The van der Waals surface area contributed by atoms with Crippen molar-refractivity contribution in [3.63, 3.8) is 0 Å². The molecular formula is C18H17NO4P+. The lowest BCUT2D eigenvalue weighted by Crippen LogP contribution is -2.37. The molecule has 6 heteroatoms. The third kappa shape index (κ3) is 2.42. The van der Waals surface area contributed by atoms with Crippen LogP contribution in [0.2, 0.25) is 0 Å². The summed E-state index contributed by atoms with van der Waals surface area (Å²) >= 11 is 0. The molecule has 0 spiro atoms. The monoisotopic (exact) mass is 342 g/mol. The zero-order valence-corrected chi connectivity index (χ0v) is 13.9. The molecule has 122 valence electrons. The standard InChI is InChI=1S/C18H16NO4P/c1-12(16-11-13-7-5-6-10-15(13)19-16)18(17(20)21,24(22)23)14-8-3-2-4-9-14/h2-12,19H,1H3,(H-,20,21,22,23)/p+1. The average Bonchev–Trinajstić information content (AvgIpc) is 2.99. The number of rotatable bonds is 5. The van der Waals surface area contributed by atoms with Crippen LogP contribution >= 0.6 is 8.03 Å². The summed E-state index contributed by atoms with van der Waals surface area (Å²) in [6, 6.07) is 17.6. The highest BCUT2D eigenvalue weighted by molar-refractivity contribution is 7.41. The van der Waals surface area contributed by atoms with Gasteiger partial charge in [0.1, 0.15) is 0 Å². The molecule has 0 bridgehead atoms. The van der Waals surface area contributed by atoms with E-state index in [0.29, 0.717) is 11.3 Å². The molecule has 3 rings (SSSR count). The number of carboxylic acid groups (broad SMARTS) is 1. The smallest absolute Gasteiger partial charge is 0.477 e. The molecule has 0 aliphatic carbocycles. The lowest BCUT2D eigenvalue weighted by molar-refractivity contribution is -0.141. The Bertz CT molecular complexity index is 857. The summed E-state index contributed by atoms with van der Waals surface area (Å²) in [5.41, 5.74) is 1.78. The van der Waals surface area contributed by atoms with Gasteiger partial charge in [-0.25, -0.2) is 4.79 Å². The molecule has 3 aromatic rings. The molecule has 0 amide bonds. The lowest BCUT2D eigenvalue weighted by atomic mass is 9.84. The summed E-state index contributed by atoms with van der Waals surface area (Å²) in [5, 5.41) is 8.91. The second kappa shape index (κ2) is 6.19. The van der Waals surface area contributed by atoms with Crippen LogP contribution in [0.25, 0.3) is 10.9 Å². The molecule has 2 aromatic carbocycles. The second-order valence-electron chi connectivity index (χ2n) is 5.74. The Balaban J connectivity index is 2.21. The molecule has 0 radical (unpaired) electrons. The third-order valence-electron chi connectivity index (χ3n) is 4.49. The predicted molar refractivity (Wildman–Crippen MR) is 92.3 cm³/mol. The number of nitrogens with one attached hydrogen (secondary N) is 1. The van der Waals surface area contributed by atoms with Crippen LogP contribution < -0.4 is 0 Å². The Kier molecular flexibility index (Phi) is 4.22. The Morgan fingerprint density at radius 2 is 1.75 bits per heavy atom. The summed E-state index contributed by atoms with van der Waals surface area (Å²) in [5.74, 6) is -2.04. The van der Waals surface area contributed by atoms with Gasteiger partial charge in [-0.05, 0) is 22.1 Å². The van der Waals surface area contributed by atoms with Gasteiger partial charge in [-0.2, -0.15) is 4.89 Å². The minimum atomic E-state index is -3.03. The van der Waals surface area contributed by atoms with E-state index in [-0.39, 0.29) is 0 Å². The lowest BCUT2D eigenvalue weighted by Gasteiger charge is -2.23. The van der Waals surface area contributed by atoms with E-state index in [1.165, 1.54) is 0 Å². The summed E-state index contributed by atoms with van der Waals surface area (Å²) in [6.45, 7) is 1.66. The average molecular weight is 342 g/mol. The number of para-hydroxylation sites is 1. The number of benzene rings is 2. The fourth-order valence-electron chi connectivity index (χ4n) is 3.16. The number of hydrogen-bond acceptors (Lipinski definition) is 2. The number of aliphatic carboxylic acids is 1. The van der Waals surface area contributed by atoms with Crippen molar-refractivity contribution < 1.29 is 19.4 Å².